The van der Waals surface area contributed by atoms with Crippen molar-refractivity contribution in [1.82, 2.24) is 0 Å². The van der Waals surface area contributed by atoms with Crippen molar-refractivity contribution in [3.63, 3.8) is 0 Å². The number of hydrogen-bond donors (Lipinski definition) is 0. The summed E-state index contributed by atoms with van der Waals surface area (Å²) in [7, 11) is 0. The minimum atomic E-state index is 0. The van der Waals surface area contributed by atoms with Gasteiger partial charge in [0.25, 0.3) is 0 Å². The van der Waals surface area contributed by atoms with Gasteiger partial charge in [-0.1, -0.05) is 66.3 Å². The van der Waals surface area contributed by atoms with Crippen molar-refractivity contribution in [2.75, 3.05) is 0 Å². The zero-order chi connectivity index (χ0) is 13.5. The van der Waals surface area contributed by atoms with Gasteiger partial charge in [-0.2, -0.15) is 0 Å². The molecule has 23 heavy (non-hydrogen) atoms. The summed E-state index contributed by atoms with van der Waals surface area (Å²) in [5.74, 6) is 0.536. The number of aryl methyl sites for hydroxylation is 1. The SMILES string of the molecule is Cc1cccc2c1C(CC1=CC=CC1)c1ccccc1-2.[Cl-].[Cl-].[Zr+2]. The van der Waals surface area contributed by atoms with Crippen LogP contribution in [0, 0.1) is 6.92 Å². The van der Waals surface area contributed by atoms with Crippen molar-refractivity contribution in [2.45, 2.75) is 25.7 Å². The van der Waals surface area contributed by atoms with Gasteiger partial charge in [-0.3, -0.25) is 0 Å². The van der Waals surface area contributed by atoms with E-state index < -0.39 is 0 Å². The van der Waals surface area contributed by atoms with Crippen molar-refractivity contribution in [3.8, 4) is 11.1 Å². The van der Waals surface area contributed by atoms with E-state index in [0.717, 1.165) is 12.8 Å². The third-order valence-corrected chi connectivity index (χ3v) is 4.61. The van der Waals surface area contributed by atoms with Gasteiger partial charge in [-0.25, -0.2) is 0 Å². The molecule has 116 valence electrons. The molecular weight excluding hydrogens is 402 g/mol. The molecule has 0 saturated carbocycles. The second kappa shape index (κ2) is 8.47. The molecule has 0 N–H and O–H groups in total. The maximum Gasteiger partial charge on any atom is 2.00 e. The molecule has 2 aliphatic rings. The van der Waals surface area contributed by atoms with Gasteiger partial charge in [-0.15, -0.1) is 0 Å². The van der Waals surface area contributed by atoms with Crippen molar-refractivity contribution in [1.29, 1.82) is 0 Å². The van der Waals surface area contributed by atoms with Gasteiger partial charge in [0.05, 0.1) is 0 Å². The standard InChI is InChI=1S/C20H18.2ClH.Zr/c1-14-7-6-12-18-16-10-4-5-11-17(16)19(20(14)18)13-15-8-2-3-9-15;;;/h2-8,10-12,19H,9,13H2,1H3;2*1H;/q;;;+2/p-2. The molecule has 2 aromatic carbocycles. The van der Waals surface area contributed by atoms with E-state index in [0.29, 0.717) is 5.92 Å². The third kappa shape index (κ3) is 3.58. The normalized spacial score (nSPS) is 16.4. The Morgan fingerprint density at radius 1 is 0.957 bits per heavy atom. The predicted octanol–water partition coefficient (Wildman–Crippen LogP) is -0.611. The second-order valence-corrected chi connectivity index (χ2v) is 5.84. The number of halogens is 2. The molecule has 0 fully saturated rings. The van der Waals surface area contributed by atoms with Crippen molar-refractivity contribution in [3.05, 3.63) is 83.0 Å². The van der Waals surface area contributed by atoms with Crippen LogP contribution in [0.4, 0.5) is 0 Å². The molecule has 2 aliphatic carbocycles. The van der Waals surface area contributed by atoms with Crippen LogP contribution >= 0.6 is 0 Å². The van der Waals surface area contributed by atoms with Crippen LogP contribution in [0.1, 0.15) is 35.4 Å². The molecule has 0 nitrogen and oxygen atoms in total. The molecule has 0 heterocycles. The van der Waals surface area contributed by atoms with Crippen molar-refractivity contribution < 1.29 is 51.0 Å². The van der Waals surface area contributed by atoms with E-state index >= 15 is 0 Å². The summed E-state index contributed by atoms with van der Waals surface area (Å²) in [6, 6.07) is 15.6. The average Bonchev–Trinajstić information content (AvgIpc) is 3.08. The van der Waals surface area contributed by atoms with E-state index in [1.165, 1.54) is 22.3 Å². The predicted molar refractivity (Wildman–Crippen MR) is 84.9 cm³/mol. The Balaban J connectivity index is 0.000000882. The molecule has 0 aromatic heterocycles. The number of fused-ring (bicyclic) bond motifs is 3. The number of rotatable bonds is 2. The summed E-state index contributed by atoms with van der Waals surface area (Å²) >= 11 is 0. The fraction of sp³-hybridized carbons (Fsp3) is 0.200. The maximum absolute atomic E-state index is 2.31. The van der Waals surface area contributed by atoms with E-state index in [1.54, 1.807) is 11.1 Å². The number of allylic oxidation sites excluding steroid dienone is 4. The molecule has 1 unspecified atom stereocenters. The van der Waals surface area contributed by atoms with Gasteiger partial charge < -0.3 is 24.8 Å². The van der Waals surface area contributed by atoms with Gasteiger partial charge in [0.15, 0.2) is 0 Å². The number of hydrogen-bond acceptors (Lipinski definition) is 0. The quantitative estimate of drug-likeness (QED) is 0.608. The summed E-state index contributed by atoms with van der Waals surface area (Å²) in [5.41, 5.74) is 8.90. The zero-order valence-electron chi connectivity index (χ0n) is 13.0. The fourth-order valence-corrected chi connectivity index (χ4v) is 3.70. The summed E-state index contributed by atoms with van der Waals surface area (Å²) in [6.45, 7) is 2.25. The van der Waals surface area contributed by atoms with Gasteiger partial charge in [-0.05, 0) is 47.6 Å². The van der Waals surface area contributed by atoms with Crippen LogP contribution in [0.5, 0.6) is 0 Å². The molecule has 0 radical (unpaired) electrons. The minimum Gasteiger partial charge on any atom is -1.00 e. The van der Waals surface area contributed by atoms with Crippen molar-refractivity contribution in [2.24, 2.45) is 0 Å². The number of benzene rings is 2. The first-order valence-electron chi connectivity index (χ1n) is 7.38. The first-order valence-corrected chi connectivity index (χ1v) is 7.38. The largest absolute Gasteiger partial charge is 2.00 e. The molecule has 3 heteroatoms. The van der Waals surface area contributed by atoms with Crippen LogP contribution in [0.25, 0.3) is 11.1 Å². The van der Waals surface area contributed by atoms with Gasteiger partial charge in [0, 0.05) is 5.92 Å². The molecule has 0 saturated heterocycles. The van der Waals surface area contributed by atoms with E-state index in [1.807, 2.05) is 0 Å². The molecule has 2 aromatic rings. The maximum atomic E-state index is 2.31. The van der Waals surface area contributed by atoms with Gasteiger partial charge in [0.1, 0.15) is 0 Å². The Hall–Kier alpha value is -0.617. The summed E-state index contributed by atoms with van der Waals surface area (Å²) in [5, 5.41) is 0. The van der Waals surface area contributed by atoms with E-state index in [9.17, 15) is 0 Å². The molecule has 0 bridgehead atoms. The molecule has 0 spiro atoms. The summed E-state index contributed by atoms with van der Waals surface area (Å²) in [6.07, 6.45) is 9.02. The Labute approximate surface area is 170 Å². The van der Waals surface area contributed by atoms with Gasteiger partial charge >= 0.3 is 26.2 Å². The third-order valence-electron chi connectivity index (χ3n) is 4.61. The topological polar surface area (TPSA) is 0 Å². The Morgan fingerprint density at radius 3 is 2.43 bits per heavy atom. The second-order valence-electron chi connectivity index (χ2n) is 5.84. The van der Waals surface area contributed by atoms with E-state index in [2.05, 4.69) is 67.6 Å². The van der Waals surface area contributed by atoms with Crippen LogP contribution in [-0.2, 0) is 26.2 Å². The fourth-order valence-electron chi connectivity index (χ4n) is 3.70. The minimum absolute atomic E-state index is 0. The molecule has 1 atom stereocenters. The Kier molecular flexibility index (Phi) is 7.52. The van der Waals surface area contributed by atoms with Crippen LogP contribution < -0.4 is 24.8 Å². The van der Waals surface area contributed by atoms with Crippen LogP contribution in [0.15, 0.2) is 66.3 Å². The van der Waals surface area contributed by atoms with Gasteiger partial charge in [0.2, 0.25) is 0 Å². The Morgan fingerprint density at radius 2 is 1.70 bits per heavy atom. The van der Waals surface area contributed by atoms with Crippen LogP contribution in [-0.4, -0.2) is 0 Å². The molecule has 0 aliphatic heterocycles. The smallest absolute Gasteiger partial charge is 1.00 e. The summed E-state index contributed by atoms with van der Waals surface area (Å²) < 4.78 is 0. The monoisotopic (exact) mass is 418 g/mol. The molecule has 0 amide bonds. The Bertz CT molecular complexity index is 747. The van der Waals surface area contributed by atoms with E-state index in [-0.39, 0.29) is 51.0 Å². The first-order chi connectivity index (χ1) is 9.84. The average molecular weight is 420 g/mol. The van der Waals surface area contributed by atoms with Crippen LogP contribution in [0.2, 0.25) is 0 Å². The van der Waals surface area contributed by atoms with Crippen LogP contribution in [0.3, 0.4) is 0 Å². The molecular formula is C20H18Cl2Zr. The zero-order valence-corrected chi connectivity index (χ0v) is 17.0. The summed E-state index contributed by atoms with van der Waals surface area (Å²) in [4.78, 5) is 0. The van der Waals surface area contributed by atoms with E-state index in [4.69, 9.17) is 0 Å². The molecule has 4 rings (SSSR count). The van der Waals surface area contributed by atoms with Crippen molar-refractivity contribution >= 4 is 0 Å². The first kappa shape index (κ1) is 20.4.